The number of aliphatic carboxylic acids is 1. The Hall–Kier alpha value is -2.63. The highest BCUT2D eigenvalue weighted by Crippen LogP contribution is 2.10. The molecule has 0 atom stereocenters. The van der Waals surface area contributed by atoms with Gasteiger partial charge in [0.15, 0.2) is 0 Å². The van der Waals surface area contributed by atoms with Gasteiger partial charge in [0.2, 0.25) is 0 Å². The molecular formula is C15H18O6. The van der Waals surface area contributed by atoms with E-state index in [1.165, 1.54) is 12.1 Å². The highest BCUT2D eigenvalue weighted by molar-refractivity contribution is 6.02. The Morgan fingerprint density at radius 1 is 1.19 bits per heavy atom. The van der Waals surface area contributed by atoms with Crippen LogP contribution in [0.2, 0.25) is 0 Å². The van der Waals surface area contributed by atoms with E-state index in [0.29, 0.717) is 6.61 Å². The summed E-state index contributed by atoms with van der Waals surface area (Å²) >= 11 is 0. The lowest BCUT2D eigenvalue weighted by molar-refractivity contribution is -0.131. The maximum atomic E-state index is 11.6. The van der Waals surface area contributed by atoms with Gasteiger partial charge < -0.3 is 14.9 Å². The fourth-order valence-corrected chi connectivity index (χ4v) is 1.23. The summed E-state index contributed by atoms with van der Waals surface area (Å²) in [5.41, 5.74) is 0.0788. The van der Waals surface area contributed by atoms with Crippen LogP contribution < -0.4 is 0 Å². The number of hydrogen-bond donors (Lipinski definition) is 2. The van der Waals surface area contributed by atoms with Gasteiger partial charge in [-0.1, -0.05) is 32.1 Å². The minimum atomic E-state index is -1.12. The highest BCUT2D eigenvalue weighted by Gasteiger charge is 2.16. The van der Waals surface area contributed by atoms with Gasteiger partial charge in [0.1, 0.15) is 0 Å². The van der Waals surface area contributed by atoms with E-state index < -0.39 is 17.9 Å². The number of carbonyl (C=O) groups is 3. The van der Waals surface area contributed by atoms with E-state index in [1.807, 2.05) is 6.92 Å². The quantitative estimate of drug-likeness (QED) is 0.475. The van der Waals surface area contributed by atoms with E-state index in [2.05, 4.69) is 6.58 Å². The van der Waals surface area contributed by atoms with Crippen molar-refractivity contribution in [3.8, 4) is 0 Å². The van der Waals surface area contributed by atoms with Crippen molar-refractivity contribution < 1.29 is 29.3 Å². The largest absolute Gasteiger partial charge is 0.478 e. The molecule has 0 saturated heterocycles. The van der Waals surface area contributed by atoms with E-state index in [1.54, 1.807) is 12.1 Å². The lowest BCUT2D eigenvalue weighted by Crippen LogP contribution is -2.12. The molecule has 0 fully saturated rings. The van der Waals surface area contributed by atoms with Gasteiger partial charge in [0.05, 0.1) is 17.7 Å². The molecule has 21 heavy (non-hydrogen) atoms. The predicted molar refractivity (Wildman–Crippen MR) is 76.4 cm³/mol. The fraction of sp³-hybridized carbons (Fsp3) is 0.267. The number of carbonyl (C=O) groups excluding carboxylic acids is 1. The molecule has 0 aliphatic rings. The maximum absolute atomic E-state index is 11.6. The van der Waals surface area contributed by atoms with E-state index >= 15 is 0 Å². The lowest BCUT2D eigenvalue weighted by atomic mass is 10.1. The van der Waals surface area contributed by atoms with Crippen LogP contribution in [0.1, 0.15) is 40.5 Å². The third-order valence-corrected chi connectivity index (χ3v) is 2.28. The average molecular weight is 294 g/mol. The Morgan fingerprint density at radius 3 is 2.14 bits per heavy atom. The Bertz CT molecular complexity index is 507. The molecule has 0 saturated carbocycles. The Morgan fingerprint density at radius 2 is 1.71 bits per heavy atom. The molecule has 0 bridgehead atoms. The summed E-state index contributed by atoms with van der Waals surface area (Å²) in [7, 11) is 0. The maximum Gasteiger partial charge on any atom is 0.339 e. The van der Waals surface area contributed by atoms with Crippen molar-refractivity contribution in [3.63, 3.8) is 0 Å². The highest BCUT2D eigenvalue weighted by atomic mass is 16.5. The molecule has 1 rings (SSSR count). The van der Waals surface area contributed by atoms with Crippen LogP contribution in [0, 0.1) is 0 Å². The molecular weight excluding hydrogens is 276 g/mol. The van der Waals surface area contributed by atoms with E-state index in [9.17, 15) is 14.4 Å². The zero-order valence-electron chi connectivity index (χ0n) is 11.7. The lowest BCUT2D eigenvalue weighted by Gasteiger charge is -2.06. The van der Waals surface area contributed by atoms with Crippen molar-refractivity contribution in [2.24, 2.45) is 0 Å². The number of rotatable bonds is 6. The molecule has 2 N–H and O–H groups in total. The molecule has 0 aliphatic carbocycles. The molecule has 6 heteroatoms. The van der Waals surface area contributed by atoms with Gasteiger partial charge in [-0.25, -0.2) is 14.4 Å². The van der Waals surface area contributed by atoms with Crippen molar-refractivity contribution in [1.82, 2.24) is 0 Å². The number of carboxylic acids is 2. The second kappa shape index (κ2) is 10.2. The van der Waals surface area contributed by atoms with Crippen LogP contribution in [0.25, 0.3) is 0 Å². The van der Waals surface area contributed by atoms with Crippen LogP contribution >= 0.6 is 0 Å². The third kappa shape index (κ3) is 7.51. The first-order valence-electron chi connectivity index (χ1n) is 6.28. The van der Waals surface area contributed by atoms with Crippen molar-refractivity contribution in [3.05, 3.63) is 48.0 Å². The smallest absolute Gasteiger partial charge is 0.339 e. The SMILES string of the molecule is C=CC(=O)O.CCCCOC(=O)c1ccccc1C(=O)O. The van der Waals surface area contributed by atoms with Crippen molar-refractivity contribution in [2.45, 2.75) is 19.8 Å². The standard InChI is InChI=1S/C12H14O4.C3H4O2/c1-2-3-8-16-12(15)10-7-5-4-6-9(10)11(13)14;1-2-3(4)5/h4-7H,2-3,8H2,1H3,(H,13,14);2H,1H2,(H,4,5). The number of esters is 1. The molecule has 0 spiro atoms. The average Bonchev–Trinajstić information content (AvgIpc) is 2.47. The molecule has 1 aromatic carbocycles. The minimum absolute atomic E-state index is 0.0241. The summed E-state index contributed by atoms with van der Waals surface area (Å²) in [6.07, 6.45) is 2.54. The predicted octanol–water partition coefficient (Wildman–Crippen LogP) is 2.60. The monoisotopic (exact) mass is 294 g/mol. The van der Waals surface area contributed by atoms with Crippen molar-refractivity contribution >= 4 is 17.9 Å². The van der Waals surface area contributed by atoms with Crippen molar-refractivity contribution in [2.75, 3.05) is 6.61 Å². The Balaban J connectivity index is 0.000000690. The number of ether oxygens (including phenoxy) is 1. The molecule has 0 heterocycles. The van der Waals surface area contributed by atoms with Crippen LogP contribution in [0.4, 0.5) is 0 Å². The summed E-state index contributed by atoms with van der Waals surface area (Å²) in [6.45, 7) is 5.27. The Labute approximate surface area is 122 Å². The van der Waals surface area contributed by atoms with Crippen LogP contribution in [0.5, 0.6) is 0 Å². The van der Waals surface area contributed by atoms with E-state index in [-0.39, 0.29) is 11.1 Å². The van der Waals surface area contributed by atoms with Gasteiger partial charge in [-0.15, -0.1) is 0 Å². The molecule has 6 nitrogen and oxygen atoms in total. The molecule has 0 radical (unpaired) electrons. The topological polar surface area (TPSA) is 101 Å². The molecule has 0 unspecified atom stereocenters. The van der Waals surface area contributed by atoms with Gasteiger partial charge >= 0.3 is 17.9 Å². The van der Waals surface area contributed by atoms with E-state index in [4.69, 9.17) is 14.9 Å². The number of benzene rings is 1. The second-order valence-electron chi connectivity index (χ2n) is 3.88. The van der Waals surface area contributed by atoms with Gasteiger partial charge in [0.25, 0.3) is 0 Å². The Kier molecular flexibility index (Phi) is 8.92. The normalized spacial score (nSPS) is 9.00. The summed E-state index contributed by atoms with van der Waals surface area (Å²) < 4.78 is 4.96. The fourth-order valence-electron chi connectivity index (χ4n) is 1.23. The minimum Gasteiger partial charge on any atom is -0.478 e. The van der Waals surface area contributed by atoms with Crippen molar-refractivity contribution in [1.29, 1.82) is 0 Å². The second-order valence-corrected chi connectivity index (χ2v) is 3.88. The number of carboxylic acid groups (broad SMARTS) is 2. The summed E-state index contributed by atoms with van der Waals surface area (Å²) in [5.74, 6) is -2.68. The number of unbranched alkanes of at least 4 members (excludes halogenated alkanes) is 1. The molecule has 0 aromatic heterocycles. The van der Waals surface area contributed by atoms with E-state index in [0.717, 1.165) is 18.9 Å². The molecule has 0 amide bonds. The first-order valence-corrected chi connectivity index (χ1v) is 6.28. The van der Waals surface area contributed by atoms with Crippen LogP contribution in [-0.4, -0.2) is 34.7 Å². The number of aromatic carboxylic acids is 1. The molecule has 1 aromatic rings. The first-order chi connectivity index (χ1) is 9.93. The zero-order valence-corrected chi connectivity index (χ0v) is 11.7. The first kappa shape index (κ1) is 18.4. The van der Waals surface area contributed by atoms with Gasteiger partial charge in [-0.2, -0.15) is 0 Å². The summed E-state index contributed by atoms with van der Waals surface area (Å²) in [4.78, 5) is 31.7. The summed E-state index contributed by atoms with van der Waals surface area (Å²) in [6, 6.07) is 6.03. The number of hydrogen-bond acceptors (Lipinski definition) is 4. The molecule has 0 aliphatic heterocycles. The zero-order chi connectivity index (χ0) is 16.3. The van der Waals surface area contributed by atoms with Gasteiger partial charge in [-0.05, 0) is 18.6 Å². The summed E-state index contributed by atoms with van der Waals surface area (Å²) in [5, 5.41) is 16.5. The third-order valence-electron chi connectivity index (χ3n) is 2.28. The van der Waals surface area contributed by atoms with Gasteiger partial charge in [-0.3, -0.25) is 0 Å². The van der Waals surface area contributed by atoms with Crippen LogP contribution in [0.15, 0.2) is 36.9 Å². The molecule has 114 valence electrons. The van der Waals surface area contributed by atoms with Crippen LogP contribution in [-0.2, 0) is 9.53 Å². The van der Waals surface area contributed by atoms with Gasteiger partial charge in [0, 0.05) is 6.08 Å². The van der Waals surface area contributed by atoms with Crippen LogP contribution in [0.3, 0.4) is 0 Å².